The van der Waals surface area contributed by atoms with Crippen molar-refractivity contribution in [2.45, 2.75) is 45.7 Å². The van der Waals surface area contributed by atoms with Crippen LogP contribution in [0.25, 0.3) is 0 Å². The number of aryl methyl sites for hydroxylation is 1. The van der Waals surface area contributed by atoms with Crippen LogP contribution in [0.4, 0.5) is 5.69 Å². The summed E-state index contributed by atoms with van der Waals surface area (Å²) in [5, 5.41) is 7.69. The highest BCUT2D eigenvalue weighted by Gasteiger charge is 2.27. The van der Waals surface area contributed by atoms with Crippen molar-refractivity contribution in [3.63, 3.8) is 0 Å². The fourth-order valence-electron chi connectivity index (χ4n) is 4.31. The van der Waals surface area contributed by atoms with Crippen LogP contribution in [0.3, 0.4) is 0 Å². The van der Waals surface area contributed by atoms with E-state index >= 15 is 0 Å². The summed E-state index contributed by atoms with van der Waals surface area (Å²) in [7, 11) is 0. The first-order valence-electron chi connectivity index (χ1n) is 11.3. The van der Waals surface area contributed by atoms with E-state index in [1.54, 1.807) is 9.25 Å². The molecule has 4 rings (SSSR count). The van der Waals surface area contributed by atoms with Gasteiger partial charge in [0.15, 0.2) is 0 Å². The number of likely N-dealkylation sites (tertiary alicyclic amines) is 1. The molecule has 0 unspecified atom stereocenters. The Balaban J connectivity index is 1.36. The van der Waals surface area contributed by atoms with Crippen LogP contribution in [0.5, 0.6) is 0 Å². The van der Waals surface area contributed by atoms with Gasteiger partial charge in [-0.1, -0.05) is 48.0 Å². The van der Waals surface area contributed by atoms with Crippen LogP contribution in [0.2, 0.25) is 0 Å². The lowest BCUT2D eigenvalue weighted by Crippen LogP contribution is -2.39. The molecule has 1 aromatic heterocycles. The molecule has 168 valence electrons. The molecule has 3 aromatic rings. The van der Waals surface area contributed by atoms with Gasteiger partial charge in [-0.25, -0.2) is 9.48 Å². The van der Waals surface area contributed by atoms with Gasteiger partial charge < -0.3 is 5.32 Å². The highest BCUT2D eigenvalue weighted by Crippen LogP contribution is 2.26. The second kappa shape index (κ2) is 9.96. The number of hydrogen-bond donors (Lipinski definition) is 1. The quantitative estimate of drug-likeness (QED) is 0.621. The van der Waals surface area contributed by atoms with Crippen molar-refractivity contribution in [2.24, 2.45) is 0 Å². The number of benzene rings is 2. The molecular formula is C25H31N5O2. The molecule has 1 amide bonds. The number of nitrogens with zero attached hydrogens (tertiary/aromatic N) is 4. The highest BCUT2D eigenvalue weighted by atomic mass is 16.2. The standard InChI is InChI=1S/C25H31N5O2/c1-3-29-24(27-30(25(29)32)17-20-7-5-4-6-8-20)21-13-15-28(16-14-21)18-23(31)26-22-11-9-19(2)10-12-22/h4-12,21H,3,13-18H2,1-2H3,(H,26,31). The van der Waals surface area contributed by atoms with E-state index in [0.29, 0.717) is 19.6 Å². The van der Waals surface area contributed by atoms with E-state index < -0.39 is 0 Å². The van der Waals surface area contributed by atoms with Crippen molar-refractivity contribution in [1.29, 1.82) is 0 Å². The van der Waals surface area contributed by atoms with Gasteiger partial charge in [-0.05, 0) is 57.5 Å². The monoisotopic (exact) mass is 433 g/mol. The third-order valence-electron chi connectivity index (χ3n) is 6.10. The van der Waals surface area contributed by atoms with Crippen molar-refractivity contribution in [3.8, 4) is 0 Å². The lowest BCUT2D eigenvalue weighted by atomic mass is 9.96. The minimum absolute atomic E-state index is 0.00455. The van der Waals surface area contributed by atoms with Crippen LogP contribution in [-0.2, 0) is 17.9 Å². The van der Waals surface area contributed by atoms with Crippen molar-refractivity contribution in [3.05, 3.63) is 82.0 Å². The maximum Gasteiger partial charge on any atom is 0.346 e. The summed E-state index contributed by atoms with van der Waals surface area (Å²) in [4.78, 5) is 27.5. The van der Waals surface area contributed by atoms with Gasteiger partial charge in [0.1, 0.15) is 5.82 Å². The maximum atomic E-state index is 12.9. The molecule has 7 heteroatoms. The number of aromatic nitrogens is 3. The van der Waals surface area contributed by atoms with E-state index in [4.69, 9.17) is 5.10 Å². The minimum Gasteiger partial charge on any atom is -0.325 e. The minimum atomic E-state index is -0.0498. The summed E-state index contributed by atoms with van der Waals surface area (Å²) < 4.78 is 3.38. The third-order valence-corrected chi connectivity index (χ3v) is 6.10. The summed E-state index contributed by atoms with van der Waals surface area (Å²) in [6.45, 7) is 7.12. The number of nitrogens with one attached hydrogen (secondary N) is 1. The van der Waals surface area contributed by atoms with E-state index in [-0.39, 0.29) is 17.5 Å². The molecule has 1 aliphatic rings. The van der Waals surface area contributed by atoms with Gasteiger partial charge >= 0.3 is 5.69 Å². The van der Waals surface area contributed by atoms with Crippen molar-refractivity contribution in [1.82, 2.24) is 19.2 Å². The number of carbonyl (C=O) groups is 1. The van der Waals surface area contributed by atoms with Gasteiger partial charge in [-0.3, -0.25) is 14.3 Å². The van der Waals surface area contributed by atoms with Crippen molar-refractivity contribution >= 4 is 11.6 Å². The number of hydrogen-bond acceptors (Lipinski definition) is 4. The van der Waals surface area contributed by atoms with Gasteiger partial charge in [-0.15, -0.1) is 0 Å². The first-order valence-corrected chi connectivity index (χ1v) is 11.3. The number of carbonyl (C=O) groups excluding carboxylic acids is 1. The molecule has 2 aromatic carbocycles. The fraction of sp³-hybridized carbons (Fsp3) is 0.400. The zero-order valence-electron chi connectivity index (χ0n) is 18.8. The Morgan fingerprint density at radius 3 is 2.41 bits per heavy atom. The molecule has 1 saturated heterocycles. The predicted octanol–water partition coefficient (Wildman–Crippen LogP) is 3.24. The number of amides is 1. The first kappa shape index (κ1) is 22.0. The number of rotatable bonds is 7. The zero-order chi connectivity index (χ0) is 22.5. The van der Waals surface area contributed by atoms with Crippen LogP contribution in [0.1, 0.15) is 42.6 Å². The Morgan fingerprint density at radius 1 is 1.06 bits per heavy atom. The molecule has 0 radical (unpaired) electrons. The van der Waals surface area contributed by atoms with Gasteiger partial charge in [0, 0.05) is 18.2 Å². The van der Waals surface area contributed by atoms with E-state index in [9.17, 15) is 9.59 Å². The lowest BCUT2D eigenvalue weighted by Gasteiger charge is -2.30. The van der Waals surface area contributed by atoms with E-state index in [2.05, 4.69) is 10.2 Å². The third kappa shape index (κ3) is 5.16. The maximum absolute atomic E-state index is 12.9. The molecule has 7 nitrogen and oxygen atoms in total. The zero-order valence-corrected chi connectivity index (χ0v) is 18.8. The summed E-state index contributed by atoms with van der Waals surface area (Å²) >= 11 is 0. The molecule has 0 aliphatic carbocycles. The summed E-state index contributed by atoms with van der Waals surface area (Å²) in [6.07, 6.45) is 1.78. The SMILES string of the molecule is CCn1c(C2CCN(CC(=O)Nc3ccc(C)cc3)CC2)nn(Cc2ccccc2)c1=O. The predicted molar refractivity (Wildman–Crippen MR) is 126 cm³/mol. The molecule has 1 fully saturated rings. The Kier molecular flexibility index (Phi) is 6.85. The molecule has 0 atom stereocenters. The van der Waals surface area contributed by atoms with Crippen LogP contribution in [0, 0.1) is 6.92 Å². The second-order valence-electron chi connectivity index (χ2n) is 8.49. The Bertz CT molecular complexity index is 1090. The topological polar surface area (TPSA) is 72.2 Å². The first-order chi connectivity index (χ1) is 15.5. The van der Waals surface area contributed by atoms with E-state index in [0.717, 1.165) is 43.0 Å². The summed E-state index contributed by atoms with van der Waals surface area (Å²) in [5.41, 5.74) is 3.01. The number of piperidine rings is 1. The van der Waals surface area contributed by atoms with Crippen LogP contribution >= 0.6 is 0 Å². The Morgan fingerprint density at radius 2 is 1.75 bits per heavy atom. The molecule has 32 heavy (non-hydrogen) atoms. The molecule has 2 heterocycles. The second-order valence-corrected chi connectivity index (χ2v) is 8.49. The van der Waals surface area contributed by atoms with E-state index in [1.165, 1.54) is 5.56 Å². The number of anilines is 1. The average molecular weight is 434 g/mol. The Hall–Kier alpha value is -3.19. The summed E-state index contributed by atoms with van der Waals surface area (Å²) in [5.74, 6) is 1.11. The molecule has 1 aliphatic heterocycles. The highest BCUT2D eigenvalue weighted by molar-refractivity contribution is 5.92. The van der Waals surface area contributed by atoms with Gasteiger partial charge in [0.2, 0.25) is 5.91 Å². The molecular weight excluding hydrogens is 402 g/mol. The fourth-order valence-corrected chi connectivity index (χ4v) is 4.31. The molecule has 0 saturated carbocycles. The van der Waals surface area contributed by atoms with Gasteiger partial charge in [-0.2, -0.15) is 5.10 Å². The van der Waals surface area contributed by atoms with Crippen molar-refractivity contribution < 1.29 is 4.79 Å². The normalized spacial score (nSPS) is 15.1. The van der Waals surface area contributed by atoms with Gasteiger partial charge in [0.25, 0.3) is 0 Å². The summed E-state index contributed by atoms with van der Waals surface area (Å²) in [6, 6.07) is 17.8. The average Bonchev–Trinajstić information content (AvgIpc) is 3.11. The molecule has 1 N–H and O–H groups in total. The van der Waals surface area contributed by atoms with E-state index in [1.807, 2.05) is 68.4 Å². The largest absolute Gasteiger partial charge is 0.346 e. The van der Waals surface area contributed by atoms with Crippen LogP contribution in [0.15, 0.2) is 59.4 Å². The Labute approximate surface area is 188 Å². The van der Waals surface area contributed by atoms with Crippen LogP contribution < -0.4 is 11.0 Å². The lowest BCUT2D eigenvalue weighted by molar-refractivity contribution is -0.117. The van der Waals surface area contributed by atoms with Gasteiger partial charge in [0.05, 0.1) is 13.1 Å². The molecule has 0 spiro atoms. The van der Waals surface area contributed by atoms with Crippen LogP contribution in [-0.4, -0.2) is 44.8 Å². The molecule has 0 bridgehead atoms. The smallest absolute Gasteiger partial charge is 0.325 e. The van der Waals surface area contributed by atoms with Crippen molar-refractivity contribution in [2.75, 3.05) is 25.0 Å².